The Bertz CT molecular complexity index is 214. The molecule has 0 radical (unpaired) electrons. The maximum absolute atomic E-state index is 5.39. The monoisotopic (exact) mass is 162 g/mol. The fraction of sp³-hybridized carbons (Fsp3) is 0.400. The molecule has 0 N–H and O–H groups in total. The molecule has 0 amide bonds. The van der Waals surface area contributed by atoms with E-state index in [1.54, 1.807) is 0 Å². The Morgan fingerprint density at radius 2 is 2.25 bits per heavy atom. The SMILES string of the molecule is CBCc1cccc(OCC)c1. The molecule has 0 bridgehead atoms. The van der Waals surface area contributed by atoms with E-state index in [1.807, 2.05) is 13.0 Å². The van der Waals surface area contributed by atoms with E-state index in [2.05, 4.69) is 25.0 Å². The van der Waals surface area contributed by atoms with Crippen LogP contribution in [0.25, 0.3) is 0 Å². The Morgan fingerprint density at radius 1 is 1.42 bits per heavy atom. The first-order chi connectivity index (χ1) is 5.86. The van der Waals surface area contributed by atoms with Crippen molar-refractivity contribution in [3.05, 3.63) is 29.8 Å². The zero-order valence-electron chi connectivity index (χ0n) is 7.84. The van der Waals surface area contributed by atoms with Gasteiger partial charge < -0.3 is 4.74 Å². The Kier molecular flexibility index (Phi) is 3.72. The molecule has 0 aromatic heterocycles. The normalized spacial score (nSPS) is 9.50. The molecule has 0 saturated heterocycles. The molecule has 1 aromatic rings. The summed E-state index contributed by atoms with van der Waals surface area (Å²) in [6, 6.07) is 8.32. The summed E-state index contributed by atoms with van der Waals surface area (Å²) in [5.74, 6) is 0.989. The molecule has 2 heteroatoms. The summed E-state index contributed by atoms with van der Waals surface area (Å²) in [4.78, 5) is 0. The maximum atomic E-state index is 5.39. The van der Waals surface area contributed by atoms with Gasteiger partial charge in [0.25, 0.3) is 0 Å². The third-order valence-electron chi connectivity index (χ3n) is 1.75. The van der Waals surface area contributed by atoms with E-state index in [4.69, 9.17) is 4.74 Å². The zero-order chi connectivity index (χ0) is 8.81. The number of hydrogen-bond acceptors (Lipinski definition) is 1. The third kappa shape index (κ3) is 2.61. The molecule has 0 spiro atoms. The van der Waals surface area contributed by atoms with Crippen molar-refractivity contribution in [3.8, 4) is 5.75 Å². The second-order valence-corrected chi connectivity index (χ2v) is 2.83. The lowest BCUT2D eigenvalue weighted by atomic mass is 9.75. The fourth-order valence-corrected chi connectivity index (χ4v) is 1.25. The average Bonchev–Trinajstić information content (AvgIpc) is 2.06. The second kappa shape index (κ2) is 4.86. The van der Waals surface area contributed by atoms with E-state index in [-0.39, 0.29) is 0 Å². The van der Waals surface area contributed by atoms with Gasteiger partial charge >= 0.3 is 0 Å². The molecule has 0 fully saturated rings. The van der Waals surface area contributed by atoms with Crippen LogP contribution in [0.5, 0.6) is 5.75 Å². The van der Waals surface area contributed by atoms with Crippen LogP contribution in [0.3, 0.4) is 0 Å². The van der Waals surface area contributed by atoms with Crippen LogP contribution in [-0.2, 0) is 6.32 Å². The first-order valence-corrected chi connectivity index (χ1v) is 4.58. The highest BCUT2D eigenvalue weighted by Gasteiger charge is 1.94. The lowest BCUT2D eigenvalue weighted by Gasteiger charge is -2.04. The van der Waals surface area contributed by atoms with Crippen LogP contribution >= 0.6 is 0 Å². The molecule has 64 valence electrons. The summed E-state index contributed by atoms with van der Waals surface area (Å²) < 4.78 is 5.39. The van der Waals surface area contributed by atoms with Gasteiger partial charge in [-0.05, 0) is 19.1 Å². The Hall–Kier alpha value is -0.915. The highest BCUT2D eigenvalue weighted by Crippen LogP contribution is 2.13. The van der Waals surface area contributed by atoms with Crippen molar-refractivity contribution in [1.29, 1.82) is 0 Å². The minimum atomic E-state index is 0.746. The van der Waals surface area contributed by atoms with Crippen LogP contribution in [-0.4, -0.2) is 13.9 Å². The molecular weight excluding hydrogens is 147 g/mol. The first kappa shape index (κ1) is 9.18. The second-order valence-electron chi connectivity index (χ2n) is 2.83. The summed E-state index contributed by atoms with van der Waals surface area (Å²) in [6.45, 7) is 4.94. The Labute approximate surface area is 75.0 Å². The van der Waals surface area contributed by atoms with Gasteiger partial charge in [-0.3, -0.25) is 0 Å². The molecular formula is C10H15BO. The standard InChI is InChI=1S/C10H15BO/c1-3-12-10-6-4-5-9(7-10)8-11-2/h4-7,11H,3,8H2,1-2H3. The van der Waals surface area contributed by atoms with Crippen LogP contribution in [0.4, 0.5) is 0 Å². The topological polar surface area (TPSA) is 9.23 Å². The molecule has 12 heavy (non-hydrogen) atoms. The molecule has 0 aliphatic rings. The first-order valence-electron chi connectivity index (χ1n) is 4.58. The number of benzene rings is 1. The molecule has 0 unspecified atom stereocenters. The highest BCUT2D eigenvalue weighted by molar-refractivity contribution is 6.32. The predicted molar refractivity (Wildman–Crippen MR) is 54.3 cm³/mol. The maximum Gasteiger partial charge on any atom is 0.122 e. The van der Waals surface area contributed by atoms with Crippen molar-refractivity contribution in [2.24, 2.45) is 0 Å². The van der Waals surface area contributed by atoms with Gasteiger partial charge in [0, 0.05) is 0 Å². The zero-order valence-corrected chi connectivity index (χ0v) is 7.84. The van der Waals surface area contributed by atoms with Crippen molar-refractivity contribution in [3.63, 3.8) is 0 Å². The smallest absolute Gasteiger partial charge is 0.122 e. The van der Waals surface area contributed by atoms with Crippen molar-refractivity contribution in [1.82, 2.24) is 0 Å². The molecule has 1 nitrogen and oxygen atoms in total. The Morgan fingerprint density at radius 3 is 2.92 bits per heavy atom. The van der Waals surface area contributed by atoms with E-state index < -0.39 is 0 Å². The minimum Gasteiger partial charge on any atom is -0.494 e. The summed E-state index contributed by atoms with van der Waals surface area (Å²) in [5, 5.41) is 0. The third-order valence-corrected chi connectivity index (χ3v) is 1.75. The van der Waals surface area contributed by atoms with E-state index in [0.29, 0.717) is 0 Å². The van der Waals surface area contributed by atoms with Gasteiger partial charge in [0.15, 0.2) is 0 Å². The summed E-state index contributed by atoms with van der Waals surface area (Å²) in [7, 11) is 1.19. The van der Waals surface area contributed by atoms with Crippen LogP contribution in [0.15, 0.2) is 24.3 Å². The largest absolute Gasteiger partial charge is 0.494 e. The van der Waals surface area contributed by atoms with Gasteiger partial charge in [-0.25, -0.2) is 0 Å². The quantitative estimate of drug-likeness (QED) is 0.615. The number of rotatable bonds is 4. The van der Waals surface area contributed by atoms with Crippen LogP contribution in [0.1, 0.15) is 12.5 Å². The number of ether oxygens (including phenoxy) is 1. The molecule has 0 saturated carbocycles. The van der Waals surface area contributed by atoms with Gasteiger partial charge in [-0.15, -0.1) is 0 Å². The fourth-order valence-electron chi connectivity index (χ4n) is 1.25. The number of hydrogen-bond donors (Lipinski definition) is 0. The summed E-state index contributed by atoms with van der Waals surface area (Å²) in [5.41, 5.74) is 1.36. The van der Waals surface area contributed by atoms with E-state index in [1.165, 1.54) is 12.8 Å². The molecule has 0 aliphatic carbocycles. The molecule has 0 heterocycles. The summed E-state index contributed by atoms with van der Waals surface area (Å²) >= 11 is 0. The highest BCUT2D eigenvalue weighted by atomic mass is 16.5. The van der Waals surface area contributed by atoms with Crippen molar-refractivity contribution in [2.75, 3.05) is 6.61 Å². The van der Waals surface area contributed by atoms with E-state index in [0.717, 1.165) is 18.7 Å². The lowest BCUT2D eigenvalue weighted by Crippen LogP contribution is -1.94. The van der Waals surface area contributed by atoms with Gasteiger partial charge in [0.1, 0.15) is 13.0 Å². The van der Waals surface area contributed by atoms with Gasteiger partial charge in [0.2, 0.25) is 0 Å². The van der Waals surface area contributed by atoms with Crippen LogP contribution in [0, 0.1) is 0 Å². The van der Waals surface area contributed by atoms with Gasteiger partial charge in [0.05, 0.1) is 6.61 Å². The van der Waals surface area contributed by atoms with Gasteiger partial charge in [-0.1, -0.05) is 30.8 Å². The van der Waals surface area contributed by atoms with Crippen molar-refractivity contribution >= 4 is 7.28 Å². The van der Waals surface area contributed by atoms with Crippen molar-refractivity contribution < 1.29 is 4.74 Å². The van der Waals surface area contributed by atoms with Gasteiger partial charge in [-0.2, -0.15) is 0 Å². The van der Waals surface area contributed by atoms with E-state index >= 15 is 0 Å². The van der Waals surface area contributed by atoms with Crippen LogP contribution < -0.4 is 4.74 Å². The minimum absolute atomic E-state index is 0.746. The van der Waals surface area contributed by atoms with E-state index in [9.17, 15) is 0 Å². The Balaban J connectivity index is 2.67. The molecule has 1 aromatic carbocycles. The molecule has 0 atom stereocenters. The summed E-state index contributed by atoms with van der Waals surface area (Å²) in [6.07, 6.45) is 1.14. The average molecular weight is 162 g/mol. The lowest BCUT2D eigenvalue weighted by molar-refractivity contribution is 0.340. The molecule has 1 rings (SSSR count). The molecule has 0 aliphatic heterocycles. The van der Waals surface area contributed by atoms with Crippen molar-refractivity contribution in [2.45, 2.75) is 20.1 Å². The van der Waals surface area contributed by atoms with Crippen LogP contribution in [0.2, 0.25) is 6.82 Å². The predicted octanol–water partition coefficient (Wildman–Crippen LogP) is 2.07.